The summed E-state index contributed by atoms with van der Waals surface area (Å²) in [5, 5.41) is 0. The zero-order valence-electron chi connectivity index (χ0n) is 31.9. The second kappa shape index (κ2) is 12.4. The number of amides is 1. The fraction of sp³-hybridized carbons (Fsp3) is 0.881. The number of carbonyl (C=O) groups is 3. The standard InChI is InChI=1S/C42H67NO5/c1-11-29(36(45)47-10)28-17-24-43(25-18-28)37(46)42-21-14-30(26(2)3)35(42)31-12-13-33-39(7)19-16-34(48-27(4)44)38(5,6)32(39)15-20-41(33,9)40(31,8)22-23-42/h28-35H,2,11-25H2,1,3-10H3/t29?,30-,31+,32-,33?,34?,35+,39-,40+,41+,42-/m0/s1. The van der Waals surface area contributed by atoms with Gasteiger partial charge >= 0.3 is 11.9 Å². The van der Waals surface area contributed by atoms with Crippen LogP contribution in [0.25, 0.3) is 0 Å². The topological polar surface area (TPSA) is 72.9 Å². The first-order chi connectivity index (χ1) is 22.5. The van der Waals surface area contributed by atoms with Gasteiger partial charge in [-0.15, -0.1) is 0 Å². The maximum atomic E-state index is 15.0. The van der Waals surface area contributed by atoms with Crippen molar-refractivity contribution < 1.29 is 23.9 Å². The van der Waals surface area contributed by atoms with Crippen LogP contribution < -0.4 is 0 Å². The molecule has 5 saturated carbocycles. The Morgan fingerprint density at radius 1 is 0.812 bits per heavy atom. The maximum Gasteiger partial charge on any atom is 0.308 e. The Hall–Kier alpha value is -1.85. The van der Waals surface area contributed by atoms with E-state index in [0.29, 0.717) is 41.4 Å². The summed E-state index contributed by atoms with van der Waals surface area (Å²) in [6.07, 6.45) is 13.7. The molecule has 0 N–H and O–H groups in total. The fourth-order valence-corrected chi connectivity index (χ4v) is 14.6. The summed E-state index contributed by atoms with van der Waals surface area (Å²) < 4.78 is 11.1. The second-order valence-electron chi connectivity index (χ2n) is 19.0. The third-order valence-electron chi connectivity index (χ3n) is 17.1. The van der Waals surface area contributed by atoms with Gasteiger partial charge in [0.25, 0.3) is 0 Å². The Balaban J connectivity index is 1.27. The number of carbonyl (C=O) groups excluding carboxylic acids is 3. The van der Waals surface area contributed by atoms with Gasteiger partial charge in [0.15, 0.2) is 0 Å². The van der Waals surface area contributed by atoms with Crippen LogP contribution in [-0.2, 0) is 23.9 Å². The van der Waals surface area contributed by atoms with Gasteiger partial charge in [-0.25, -0.2) is 0 Å². The predicted octanol–water partition coefficient (Wildman–Crippen LogP) is 9.01. The molecule has 5 aliphatic carbocycles. The molecule has 48 heavy (non-hydrogen) atoms. The van der Waals surface area contributed by atoms with Crippen LogP contribution in [0.15, 0.2) is 12.2 Å². The first-order valence-electron chi connectivity index (χ1n) is 19.7. The molecule has 0 radical (unpaired) electrons. The highest BCUT2D eigenvalue weighted by Gasteiger charge is 2.72. The third-order valence-corrected chi connectivity index (χ3v) is 17.1. The van der Waals surface area contributed by atoms with E-state index in [0.717, 1.165) is 70.9 Å². The minimum atomic E-state index is -0.290. The molecular weight excluding hydrogens is 598 g/mol. The zero-order valence-corrected chi connectivity index (χ0v) is 31.9. The van der Waals surface area contributed by atoms with E-state index in [2.05, 4.69) is 59.9 Å². The van der Waals surface area contributed by atoms with Crippen molar-refractivity contribution in [1.29, 1.82) is 0 Å². The maximum absolute atomic E-state index is 15.0. The van der Waals surface area contributed by atoms with E-state index in [1.807, 2.05) is 0 Å². The van der Waals surface area contributed by atoms with Gasteiger partial charge in [0, 0.05) is 25.4 Å². The normalized spacial score (nSPS) is 44.3. The van der Waals surface area contributed by atoms with E-state index in [-0.39, 0.29) is 51.0 Å². The van der Waals surface area contributed by atoms with Crippen molar-refractivity contribution in [3.8, 4) is 0 Å². The largest absolute Gasteiger partial charge is 0.469 e. The molecule has 6 heteroatoms. The highest BCUT2D eigenvalue weighted by Crippen LogP contribution is 2.77. The molecule has 1 saturated heterocycles. The SMILES string of the molecule is C=C(C)[C@@H]1CC[C@]2(C(=O)N3CCC(C(CC)C(=O)OC)CC3)CC[C@]3(C)[C@H](CCC4[C@@]5(C)CCC(OC(C)=O)C(C)(C)[C@@H]5CC[C@]43C)[C@@H]12. The molecule has 11 atom stereocenters. The van der Waals surface area contributed by atoms with Crippen LogP contribution >= 0.6 is 0 Å². The molecule has 6 nitrogen and oxygen atoms in total. The summed E-state index contributed by atoms with van der Waals surface area (Å²) in [4.78, 5) is 41.8. The number of methoxy groups -OCH3 is 1. The molecule has 0 aromatic heterocycles. The molecule has 3 unspecified atom stereocenters. The Morgan fingerprint density at radius 3 is 2.10 bits per heavy atom. The first-order valence-corrected chi connectivity index (χ1v) is 19.7. The number of hydrogen-bond acceptors (Lipinski definition) is 5. The van der Waals surface area contributed by atoms with Crippen molar-refractivity contribution in [2.24, 2.45) is 68.5 Å². The molecule has 0 aromatic carbocycles. The summed E-state index contributed by atoms with van der Waals surface area (Å²) in [7, 11) is 1.49. The number of rotatable bonds is 6. The molecule has 0 spiro atoms. The monoisotopic (exact) mass is 666 g/mol. The Labute approximate surface area is 291 Å². The van der Waals surface area contributed by atoms with E-state index >= 15 is 0 Å². The van der Waals surface area contributed by atoms with Gasteiger partial charge in [0.2, 0.25) is 5.91 Å². The van der Waals surface area contributed by atoms with E-state index in [1.54, 1.807) is 6.92 Å². The van der Waals surface area contributed by atoms with Crippen molar-refractivity contribution in [1.82, 2.24) is 4.90 Å². The minimum absolute atomic E-state index is 0.00105. The van der Waals surface area contributed by atoms with Crippen LogP contribution in [0.3, 0.4) is 0 Å². The van der Waals surface area contributed by atoms with Gasteiger partial charge in [-0.2, -0.15) is 0 Å². The zero-order chi connectivity index (χ0) is 35.0. The highest BCUT2D eigenvalue weighted by atomic mass is 16.5. The molecule has 1 heterocycles. The molecule has 6 fully saturated rings. The van der Waals surface area contributed by atoms with Crippen molar-refractivity contribution in [2.45, 2.75) is 145 Å². The van der Waals surface area contributed by atoms with Crippen molar-refractivity contribution in [3.63, 3.8) is 0 Å². The molecule has 6 aliphatic rings. The van der Waals surface area contributed by atoms with Crippen molar-refractivity contribution in [2.75, 3.05) is 20.2 Å². The number of hydrogen-bond donors (Lipinski definition) is 0. The Morgan fingerprint density at radius 2 is 1.50 bits per heavy atom. The van der Waals surface area contributed by atoms with Crippen molar-refractivity contribution in [3.05, 3.63) is 12.2 Å². The average molecular weight is 666 g/mol. The van der Waals surface area contributed by atoms with E-state index in [9.17, 15) is 14.4 Å². The van der Waals surface area contributed by atoms with Crippen LogP contribution in [0, 0.1) is 68.5 Å². The molecule has 0 bridgehead atoms. The first kappa shape index (κ1) is 36.0. The van der Waals surface area contributed by atoms with Crippen LogP contribution in [0.2, 0.25) is 0 Å². The molecule has 270 valence electrons. The lowest BCUT2D eigenvalue weighted by molar-refractivity contribution is -0.249. The summed E-state index contributed by atoms with van der Waals surface area (Å²) in [5.41, 5.74) is 1.56. The predicted molar refractivity (Wildman–Crippen MR) is 190 cm³/mol. The van der Waals surface area contributed by atoms with Gasteiger partial charge in [0.1, 0.15) is 6.10 Å². The van der Waals surface area contributed by atoms with Gasteiger partial charge in [-0.05, 0) is 142 Å². The molecular formula is C42H67NO5. The van der Waals surface area contributed by atoms with Gasteiger partial charge < -0.3 is 14.4 Å². The molecule has 0 aromatic rings. The molecule has 1 amide bonds. The fourth-order valence-electron chi connectivity index (χ4n) is 14.6. The molecule has 1 aliphatic heterocycles. The van der Waals surface area contributed by atoms with Crippen LogP contribution in [0.4, 0.5) is 0 Å². The number of nitrogens with zero attached hydrogens (tertiary/aromatic N) is 1. The summed E-state index contributed by atoms with van der Waals surface area (Å²) in [6.45, 7) is 24.6. The lowest BCUT2D eigenvalue weighted by Crippen LogP contribution is -2.67. The lowest BCUT2D eigenvalue weighted by Gasteiger charge is -2.73. The highest BCUT2D eigenvalue weighted by molar-refractivity contribution is 5.84. The average Bonchev–Trinajstić information content (AvgIpc) is 3.44. The minimum Gasteiger partial charge on any atom is -0.469 e. The second-order valence-corrected chi connectivity index (χ2v) is 19.0. The Bertz CT molecular complexity index is 1300. The number of ether oxygens (including phenoxy) is 2. The van der Waals surface area contributed by atoms with Crippen molar-refractivity contribution >= 4 is 17.8 Å². The van der Waals surface area contributed by atoms with Gasteiger partial charge in [-0.1, -0.05) is 53.7 Å². The van der Waals surface area contributed by atoms with Gasteiger partial charge in [-0.3, -0.25) is 14.4 Å². The summed E-state index contributed by atoms with van der Waals surface area (Å²) >= 11 is 0. The van der Waals surface area contributed by atoms with E-state index in [1.165, 1.54) is 38.4 Å². The third kappa shape index (κ3) is 5.08. The molecule has 6 rings (SSSR count). The van der Waals surface area contributed by atoms with E-state index in [4.69, 9.17) is 9.47 Å². The summed E-state index contributed by atoms with van der Waals surface area (Å²) in [6, 6.07) is 0. The van der Waals surface area contributed by atoms with Crippen LogP contribution in [-0.4, -0.2) is 49.0 Å². The number of piperidine rings is 1. The smallest absolute Gasteiger partial charge is 0.308 e. The number of fused-ring (bicyclic) bond motifs is 7. The van der Waals surface area contributed by atoms with Gasteiger partial charge in [0.05, 0.1) is 18.4 Å². The van der Waals surface area contributed by atoms with Crippen LogP contribution in [0.1, 0.15) is 139 Å². The number of likely N-dealkylation sites (tertiary alicyclic amines) is 1. The lowest BCUT2D eigenvalue weighted by atomic mass is 9.32. The summed E-state index contributed by atoms with van der Waals surface area (Å²) in [5.74, 6) is 2.85. The number of esters is 2. The quantitative estimate of drug-likeness (QED) is 0.209. The number of allylic oxidation sites excluding steroid dienone is 1. The Kier molecular flexibility index (Phi) is 9.31. The van der Waals surface area contributed by atoms with Crippen LogP contribution in [0.5, 0.6) is 0 Å². The van der Waals surface area contributed by atoms with E-state index < -0.39 is 0 Å².